The van der Waals surface area contributed by atoms with Gasteiger partial charge in [-0.15, -0.1) is 0 Å². The first-order chi connectivity index (χ1) is 17.3. The Balaban J connectivity index is 1.86. The van der Waals surface area contributed by atoms with Crippen molar-refractivity contribution in [1.82, 2.24) is 0 Å². The molecule has 2 aromatic carbocycles. The van der Waals surface area contributed by atoms with E-state index < -0.39 is 17.1 Å². The minimum absolute atomic E-state index is 0.0474. The Morgan fingerprint density at radius 3 is 2.03 bits per heavy atom. The number of aliphatic hydroxyl groups excluding tert-OH is 2. The largest absolute Gasteiger partial charge is 0.511 e. The molecular formula is C31H38O5. The molecule has 0 bridgehead atoms. The zero-order valence-corrected chi connectivity index (χ0v) is 21.8. The normalized spacial score (nSPS) is 16.3. The van der Waals surface area contributed by atoms with Crippen molar-refractivity contribution in [3.8, 4) is 11.5 Å². The number of ketones is 2. The minimum atomic E-state index is -1.14. The van der Waals surface area contributed by atoms with Crippen LogP contribution in [0, 0.1) is 11.3 Å². The Labute approximate surface area is 214 Å². The van der Waals surface area contributed by atoms with Gasteiger partial charge in [-0.3, -0.25) is 9.59 Å². The number of allylic oxidation sites excluding steroid dienone is 3. The molecule has 1 aliphatic rings. The highest BCUT2D eigenvalue weighted by Crippen LogP contribution is 2.47. The SMILES string of the molecule is CCCC1=C(O)C(CCC)(CCC)C(=O)C(C(=O)C(C)Cc2ccc(Oc3ccccc3)cc2)=C1O. The summed E-state index contributed by atoms with van der Waals surface area (Å²) in [5.41, 5.74) is -0.00623. The van der Waals surface area contributed by atoms with E-state index in [-0.39, 0.29) is 22.9 Å². The maximum absolute atomic E-state index is 13.8. The third-order valence-electron chi connectivity index (χ3n) is 6.92. The number of rotatable bonds is 12. The van der Waals surface area contributed by atoms with E-state index in [9.17, 15) is 19.8 Å². The monoisotopic (exact) mass is 490 g/mol. The molecule has 5 nitrogen and oxygen atoms in total. The van der Waals surface area contributed by atoms with Gasteiger partial charge >= 0.3 is 0 Å². The van der Waals surface area contributed by atoms with Gasteiger partial charge in [-0.1, -0.05) is 77.3 Å². The zero-order chi connectivity index (χ0) is 26.3. The number of ether oxygens (including phenoxy) is 1. The second-order valence-corrected chi connectivity index (χ2v) is 9.74. The van der Waals surface area contributed by atoms with Gasteiger partial charge in [-0.25, -0.2) is 0 Å². The molecule has 1 aliphatic carbocycles. The average molecular weight is 491 g/mol. The molecule has 2 N–H and O–H groups in total. The third-order valence-corrected chi connectivity index (χ3v) is 6.92. The fraction of sp³-hybridized carbons (Fsp3) is 0.419. The van der Waals surface area contributed by atoms with Gasteiger partial charge in [0, 0.05) is 11.5 Å². The van der Waals surface area contributed by atoms with E-state index in [0.29, 0.717) is 56.3 Å². The van der Waals surface area contributed by atoms with E-state index >= 15 is 0 Å². The minimum Gasteiger partial charge on any atom is -0.511 e. The highest BCUT2D eigenvalue weighted by molar-refractivity contribution is 6.24. The predicted molar refractivity (Wildman–Crippen MR) is 142 cm³/mol. The van der Waals surface area contributed by atoms with E-state index in [2.05, 4.69) is 0 Å². The number of hydrogen-bond donors (Lipinski definition) is 2. The van der Waals surface area contributed by atoms with Gasteiger partial charge < -0.3 is 14.9 Å². The van der Waals surface area contributed by atoms with Crippen LogP contribution in [0.5, 0.6) is 11.5 Å². The molecule has 0 spiro atoms. The second-order valence-electron chi connectivity index (χ2n) is 9.74. The average Bonchev–Trinajstić information content (AvgIpc) is 2.87. The van der Waals surface area contributed by atoms with E-state index in [1.54, 1.807) is 6.92 Å². The quantitative estimate of drug-likeness (QED) is 0.296. The standard InChI is InChI=1S/C31H38O5/c1-5-11-25-28(33)26(30(35)31(18-6-2,19-7-3)29(25)34)27(32)21(4)20-22-14-16-24(17-15-22)36-23-12-9-8-10-13-23/h8-10,12-17,21,33-34H,5-7,11,18-20H2,1-4H3. The smallest absolute Gasteiger partial charge is 0.183 e. The number of Topliss-reactive ketones (excluding diaryl/α,β-unsaturated/α-hetero) is 2. The first-order valence-corrected chi connectivity index (χ1v) is 13.1. The van der Waals surface area contributed by atoms with Crippen LogP contribution in [0.2, 0.25) is 0 Å². The first kappa shape index (κ1) is 27.3. The van der Waals surface area contributed by atoms with Crippen LogP contribution in [-0.2, 0) is 16.0 Å². The summed E-state index contributed by atoms with van der Waals surface area (Å²) in [6, 6.07) is 17.0. The van der Waals surface area contributed by atoms with Crippen molar-refractivity contribution < 1.29 is 24.5 Å². The van der Waals surface area contributed by atoms with Gasteiger partial charge in [-0.2, -0.15) is 0 Å². The van der Waals surface area contributed by atoms with Crippen LogP contribution >= 0.6 is 0 Å². The maximum Gasteiger partial charge on any atom is 0.183 e. The van der Waals surface area contributed by atoms with Gasteiger partial charge in [0.05, 0.1) is 5.41 Å². The number of benzene rings is 2. The van der Waals surface area contributed by atoms with Crippen molar-refractivity contribution in [3.05, 3.63) is 82.8 Å². The predicted octanol–water partition coefficient (Wildman–Crippen LogP) is 7.82. The lowest BCUT2D eigenvalue weighted by atomic mass is 9.65. The summed E-state index contributed by atoms with van der Waals surface area (Å²) in [6.45, 7) is 7.65. The molecule has 0 aromatic heterocycles. The van der Waals surface area contributed by atoms with Crippen molar-refractivity contribution in [2.24, 2.45) is 11.3 Å². The molecule has 36 heavy (non-hydrogen) atoms. The molecule has 1 atom stereocenters. The van der Waals surface area contributed by atoms with Gasteiger partial charge in [0.15, 0.2) is 11.6 Å². The lowest BCUT2D eigenvalue weighted by Crippen LogP contribution is -2.42. The fourth-order valence-corrected chi connectivity index (χ4v) is 5.17. The van der Waals surface area contributed by atoms with Crippen molar-refractivity contribution in [2.75, 3.05) is 0 Å². The molecule has 0 amide bonds. The molecule has 0 saturated carbocycles. The summed E-state index contributed by atoms with van der Waals surface area (Å²) in [5, 5.41) is 22.2. The number of aliphatic hydroxyl groups is 2. The van der Waals surface area contributed by atoms with E-state index in [1.165, 1.54) is 0 Å². The number of carbonyl (C=O) groups excluding carboxylic acids is 2. The molecule has 0 heterocycles. The van der Waals surface area contributed by atoms with Crippen molar-refractivity contribution >= 4 is 11.6 Å². The Morgan fingerprint density at radius 2 is 1.47 bits per heavy atom. The van der Waals surface area contributed by atoms with Crippen LogP contribution < -0.4 is 4.74 Å². The Hall–Kier alpha value is -3.34. The Kier molecular flexibility index (Phi) is 9.14. The van der Waals surface area contributed by atoms with Crippen molar-refractivity contribution in [1.29, 1.82) is 0 Å². The van der Waals surface area contributed by atoms with Gasteiger partial charge in [-0.05, 0) is 55.5 Å². The highest BCUT2D eigenvalue weighted by atomic mass is 16.5. The van der Waals surface area contributed by atoms with Gasteiger partial charge in [0.25, 0.3) is 0 Å². The summed E-state index contributed by atoms with van der Waals surface area (Å²) in [5.74, 6) is -0.283. The van der Waals surface area contributed by atoms with E-state index in [4.69, 9.17) is 4.74 Å². The lowest BCUT2D eigenvalue weighted by Gasteiger charge is -2.37. The molecule has 0 saturated heterocycles. The molecule has 0 radical (unpaired) electrons. The molecule has 2 aromatic rings. The van der Waals surface area contributed by atoms with Crippen LogP contribution in [0.15, 0.2) is 77.3 Å². The lowest BCUT2D eigenvalue weighted by molar-refractivity contribution is -0.130. The molecule has 5 heteroatoms. The number of carbonyl (C=O) groups is 2. The fourth-order valence-electron chi connectivity index (χ4n) is 5.17. The molecule has 3 rings (SSSR count). The topological polar surface area (TPSA) is 83.8 Å². The summed E-state index contributed by atoms with van der Waals surface area (Å²) < 4.78 is 5.84. The van der Waals surface area contributed by atoms with Gasteiger partial charge in [0.1, 0.15) is 28.6 Å². The molecular weight excluding hydrogens is 452 g/mol. The summed E-state index contributed by atoms with van der Waals surface area (Å²) in [4.78, 5) is 27.4. The number of para-hydroxylation sites is 1. The van der Waals surface area contributed by atoms with E-state index in [1.807, 2.05) is 75.4 Å². The molecule has 0 aliphatic heterocycles. The Bertz CT molecular complexity index is 1120. The summed E-state index contributed by atoms with van der Waals surface area (Å²) in [6.07, 6.45) is 3.77. The maximum atomic E-state index is 13.8. The van der Waals surface area contributed by atoms with Crippen LogP contribution in [0.1, 0.15) is 71.8 Å². The van der Waals surface area contributed by atoms with Crippen molar-refractivity contribution in [3.63, 3.8) is 0 Å². The summed E-state index contributed by atoms with van der Waals surface area (Å²) >= 11 is 0. The van der Waals surface area contributed by atoms with Crippen molar-refractivity contribution in [2.45, 2.75) is 72.6 Å². The molecule has 0 fully saturated rings. The highest BCUT2D eigenvalue weighted by Gasteiger charge is 2.50. The van der Waals surface area contributed by atoms with Crippen LogP contribution in [0.4, 0.5) is 0 Å². The zero-order valence-electron chi connectivity index (χ0n) is 21.8. The third kappa shape index (κ3) is 5.56. The van der Waals surface area contributed by atoms with E-state index in [0.717, 1.165) is 11.3 Å². The molecule has 192 valence electrons. The second kappa shape index (κ2) is 12.1. The van der Waals surface area contributed by atoms with Crippen LogP contribution in [0.3, 0.4) is 0 Å². The Morgan fingerprint density at radius 1 is 0.889 bits per heavy atom. The summed E-state index contributed by atoms with van der Waals surface area (Å²) in [7, 11) is 0. The molecule has 1 unspecified atom stereocenters. The van der Waals surface area contributed by atoms with Crippen LogP contribution in [0.25, 0.3) is 0 Å². The first-order valence-electron chi connectivity index (χ1n) is 13.1. The van der Waals surface area contributed by atoms with Gasteiger partial charge in [0.2, 0.25) is 0 Å². The number of hydrogen-bond acceptors (Lipinski definition) is 5. The van der Waals surface area contributed by atoms with Crippen LogP contribution in [-0.4, -0.2) is 21.8 Å².